The lowest BCUT2D eigenvalue weighted by atomic mass is 10.5. The molecule has 0 saturated carbocycles. The van der Waals surface area contributed by atoms with Gasteiger partial charge in [-0.25, -0.2) is 0 Å². The predicted octanol–water partition coefficient (Wildman–Crippen LogP) is 0.476. The summed E-state index contributed by atoms with van der Waals surface area (Å²) in [6.07, 6.45) is 2.91. The molecule has 0 aromatic carbocycles. The largest absolute Gasteiger partial charge is 0.331 e. The number of carbonyl (C=O) groups is 1. The van der Waals surface area contributed by atoms with Crippen LogP contribution in [0.5, 0.6) is 0 Å². The van der Waals surface area contributed by atoms with E-state index in [0.29, 0.717) is 6.42 Å². The Balaban J connectivity index is 3.54. The van der Waals surface area contributed by atoms with E-state index in [2.05, 4.69) is 18.2 Å². The molecule has 0 saturated heterocycles. The third-order valence-corrected chi connectivity index (χ3v) is 2.84. The zero-order valence-corrected chi connectivity index (χ0v) is 7.90. The molecule has 0 heterocycles. The summed E-state index contributed by atoms with van der Waals surface area (Å²) in [6.45, 7) is 4.36. The van der Waals surface area contributed by atoms with E-state index in [1.807, 2.05) is 11.7 Å². The van der Waals surface area contributed by atoms with E-state index in [4.69, 9.17) is 0 Å². The average molecular weight is 158 g/mol. The van der Waals surface area contributed by atoms with Crippen LogP contribution in [0, 0.1) is 0 Å². The van der Waals surface area contributed by atoms with Crippen molar-refractivity contribution in [2.45, 2.75) is 19.5 Å². The van der Waals surface area contributed by atoms with Crippen molar-refractivity contribution in [3.63, 3.8) is 0 Å². The van der Waals surface area contributed by atoms with Crippen molar-refractivity contribution >= 4 is 21.5 Å². The van der Waals surface area contributed by atoms with Crippen LogP contribution in [0.1, 0.15) is 6.42 Å². The highest BCUT2D eigenvalue weighted by molar-refractivity contribution is 6.52. The fourth-order valence-electron chi connectivity index (χ4n) is 0.352. The van der Waals surface area contributed by atoms with Crippen molar-refractivity contribution in [2.24, 2.45) is 5.10 Å². The maximum atomic E-state index is 9.86. The summed E-state index contributed by atoms with van der Waals surface area (Å²) in [5.41, 5.74) is 0. The summed E-state index contributed by atoms with van der Waals surface area (Å²) >= 11 is 0. The lowest BCUT2D eigenvalue weighted by Gasteiger charge is -2.15. The Labute approximate surface area is 63.4 Å². The first-order valence-electron chi connectivity index (χ1n) is 3.37. The van der Waals surface area contributed by atoms with Crippen LogP contribution in [0.2, 0.25) is 13.1 Å². The number of hydrogen-bond donors (Lipinski definition) is 0. The van der Waals surface area contributed by atoms with Crippen LogP contribution < -0.4 is 0 Å². The van der Waals surface area contributed by atoms with Crippen LogP contribution in [0.25, 0.3) is 0 Å². The van der Waals surface area contributed by atoms with Gasteiger partial charge in [-0.2, -0.15) is 5.10 Å². The second-order valence-electron chi connectivity index (χ2n) is 2.37. The minimum absolute atomic E-state index is 0.422. The molecular formula is C6H14N2OSi. The minimum Gasteiger partial charge on any atom is -0.331 e. The molecule has 0 atom stereocenters. The number of rotatable bonds is 4. The lowest BCUT2D eigenvalue weighted by Crippen LogP contribution is -2.24. The zero-order valence-electron chi connectivity index (χ0n) is 6.74. The fraction of sp³-hybridized carbons (Fsp3) is 0.667. The van der Waals surface area contributed by atoms with Crippen LogP contribution >= 0.6 is 0 Å². The van der Waals surface area contributed by atoms with Crippen LogP contribution in [0.4, 0.5) is 0 Å². The fourth-order valence-corrected chi connectivity index (χ4v) is 0.713. The Hall–Kier alpha value is -0.643. The molecule has 3 nitrogen and oxygen atoms in total. The van der Waals surface area contributed by atoms with E-state index in [1.54, 1.807) is 6.21 Å². The molecule has 0 unspecified atom stereocenters. The first kappa shape index (κ1) is 9.36. The first-order chi connectivity index (χ1) is 4.68. The van der Waals surface area contributed by atoms with E-state index in [0.717, 1.165) is 6.29 Å². The van der Waals surface area contributed by atoms with Gasteiger partial charge in [0.2, 0.25) is 0 Å². The van der Waals surface area contributed by atoms with Gasteiger partial charge in [-0.1, -0.05) is 13.1 Å². The number of carbonyl (C=O) groups excluding carboxylic acids is 1. The van der Waals surface area contributed by atoms with Crippen molar-refractivity contribution in [1.82, 2.24) is 4.67 Å². The second kappa shape index (κ2) is 5.17. The quantitative estimate of drug-likeness (QED) is 0.258. The van der Waals surface area contributed by atoms with Crippen LogP contribution in [-0.4, -0.2) is 33.2 Å². The summed E-state index contributed by atoms with van der Waals surface area (Å²) in [7, 11) is 1.15. The normalized spacial score (nSPS) is 10.8. The maximum Gasteiger partial charge on any atom is 0.156 e. The van der Waals surface area contributed by atoms with Crippen molar-refractivity contribution in [2.75, 3.05) is 7.05 Å². The summed E-state index contributed by atoms with van der Waals surface area (Å²) in [5.74, 6) is 0. The molecule has 0 aromatic heterocycles. The Morgan fingerprint density at radius 3 is 2.60 bits per heavy atom. The van der Waals surface area contributed by atoms with E-state index >= 15 is 0 Å². The van der Waals surface area contributed by atoms with Crippen LogP contribution in [0.15, 0.2) is 5.10 Å². The minimum atomic E-state index is -0.788. The van der Waals surface area contributed by atoms with E-state index in [-0.39, 0.29) is 0 Å². The molecule has 0 amide bonds. The Bertz CT molecular complexity index is 125. The molecule has 10 heavy (non-hydrogen) atoms. The zero-order chi connectivity index (χ0) is 7.98. The average Bonchev–Trinajstić information content (AvgIpc) is 1.88. The predicted molar refractivity (Wildman–Crippen MR) is 45.8 cm³/mol. The molecular weight excluding hydrogens is 144 g/mol. The molecule has 0 aliphatic carbocycles. The van der Waals surface area contributed by atoms with Crippen LogP contribution in [0.3, 0.4) is 0 Å². The van der Waals surface area contributed by atoms with E-state index < -0.39 is 8.96 Å². The van der Waals surface area contributed by atoms with Crippen molar-refractivity contribution in [3.05, 3.63) is 0 Å². The van der Waals surface area contributed by atoms with Gasteiger partial charge in [0.25, 0.3) is 0 Å². The summed E-state index contributed by atoms with van der Waals surface area (Å²) in [4.78, 5) is 9.86. The Morgan fingerprint density at radius 1 is 1.60 bits per heavy atom. The Kier molecular flexibility index (Phi) is 4.83. The molecule has 0 aliphatic heterocycles. The molecule has 0 N–H and O–H groups in total. The van der Waals surface area contributed by atoms with Crippen molar-refractivity contribution < 1.29 is 4.79 Å². The van der Waals surface area contributed by atoms with Gasteiger partial charge in [0.15, 0.2) is 8.96 Å². The van der Waals surface area contributed by atoms with Gasteiger partial charge in [0.05, 0.1) is 0 Å². The summed E-state index contributed by atoms with van der Waals surface area (Å²) < 4.78 is 1.95. The first-order valence-corrected chi connectivity index (χ1v) is 6.20. The number of hydrogen-bond acceptors (Lipinski definition) is 3. The summed E-state index contributed by atoms with van der Waals surface area (Å²) in [6, 6.07) is 0. The van der Waals surface area contributed by atoms with Crippen molar-refractivity contribution in [1.29, 1.82) is 0 Å². The lowest BCUT2D eigenvalue weighted by molar-refractivity contribution is -0.106. The van der Waals surface area contributed by atoms with Gasteiger partial charge in [-0.3, -0.25) is 0 Å². The smallest absolute Gasteiger partial charge is 0.156 e. The number of nitrogens with zero attached hydrogens (tertiary/aromatic N) is 2. The molecule has 0 radical (unpaired) electrons. The molecule has 0 aromatic rings. The molecule has 4 heteroatoms. The van der Waals surface area contributed by atoms with E-state index in [1.165, 1.54) is 0 Å². The monoisotopic (exact) mass is 158 g/mol. The third kappa shape index (κ3) is 4.26. The van der Waals surface area contributed by atoms with Gasteiger partial charge in [-0.15, -0.1) is 0 Å². The molecule has 58 valence electrons. The molecule has 0 spiro atoms. The standard InChI is InChI=1S/C6H14N2OSi/c1-8(10(2)3)7-5-4-6-9/h5-6,10H,4H2,1-3H3. The third-order valence-electron chi connectivity index (χ3n) is 1.21. The highest BCUT2D eigenvalue weighted by Gasteiger charge is 1.97. The second-order valence-corrected chi connectivity index (χ2v) is 5.30. The van der Waals surface area contributed by atoms with E-state index in [9.17, 15) is 4.79 Å². The Morgan fingerprint density at radius 2 is 2.20 bits per heavy atom. The SMILES string of the molecule is CN(N=CCC=O)[SiH](C)C. The molecule has 0 aliphatic rings. The van der Waals surface area contributed by atoms with Gasteiger partial charge < -0.3 is 9.47 Å². The van der Waals surface area contributed by atoms with Gasteiger partial charge in [0.1, 0.15) is 6.29 Å². The van der Waals surface area contributed by atoms with Crippen LogP contribution in [-0.2, 0) is 4.79 Å². The molecule has 0 rings (SSSR count). The topological polar surface area (TPSA) is 32.7 Å². The maximum absolute atomic E-state index is 9.86. The summed E-state index contributed by atoms with van der Waals surface area (Å²) in [5, 5.41) is 4.05. The van der Waals surface area contributed by atoms with Crippen molar-refractivity contribution in [3.8, 4) is 0 Å². The highest BCUT2D eigenvalue weighted by atomic mass is 28.3. The molecule has 0 fully saturated rings. The highest BCUT2D eigenvalue weighted by Crippen LogP contribution is 1.88. The van der Waals surface area contributed by atoms with Gasteiger partial charge in [-0.05, 0) is 0 Å². The molecule has 0 bridgehead atoms. The number of hydrazone groups is 1. The van der Waals surface area contributed by atoms with Gasteiger partial charge >= 0.3 is 0 Å². The number of aldehydes is 1. The van der Waals surface area contributed by atoms with Gasteiger partial charge in [0, 0.05) is 19.7 Å².